The summed E-state index contributed by atoms with van der Waals surface area (Å²) in [6.07, 6.45) is 12.3. The molecule has 1 amide bonds. The lowest BCUT2D eigenvalue weighted by Gasteiger charge is -2.31. The average molecular weight is 442 g/mol. The molecule has 2 aliphatic heterocycles. The van der Waals surface area contributed by atoms with Crippen LogP contribution in [0.25, 0.3) is 0 Å². The first kappa shape index (κ1) is 24.5. The van der Waals surface area contributed by atoms with Gasteiger partial charge in [0.15, 0.2) is 0 Å². The molecular weight excluding hydrogens is 405 g/mol. The number of fused-ring (bicyclic) bond motifs is 2. The van der Waals surface area contributed by atoms with Crippen LogP contribution >= 0.6 is 24.8 Å². The molecule has 1 aromatic carbocycles. The van der Waals surface area contributed by atoms with Crippen LogP contribution in [0.4, 0.5) is 5.69 Å². The van der Waals surface area contributed by atoms with E-state index in [0.29, 0.717) is 30.5 Å². The molecule has 3 fully saturated rings. The predicted octanol–water partition coefficient (Wildman–Crippen LogP) is 5.15. The molecule has 1 aliphatic carbocycles. The Balaban J connectivity index is 0.00000150. The van der Waals surface area contributed by atoms with E-state index >= 15 is 0 Å². The highest BCUT2D eigenvalue weighted by Crippen LogP contribution is 2.33. The summed E-state index contributed by atoms with van der Waals surface area (Å²) in [5.74, 6) is 0.731. The van der Waals surface area contributed by atoms with E-state index < -0.39 is 0 Å². The number of nitrogens with one attached hydrogen (secondary N) is 2. The minimum Gasteiger partial charge on any atom is -0.326 e. The predicted molar refractivity (Wildman–Crippen MR) is 125 cm³/mol. The number of anilines is 1. The van der Waals surface area contributed by atoms with Gasteiger partial charge in [0.05, 0.1) is 0 Å². The number of hydrogen-bond donors (Lipinski definition) is 2. The Hall–Kier alpha value is -0.810. The normalized spacial score (nSPS) is 26.5. The van der Waals surface area contributed by atoms with Crippen molar-refractivity contribution in [1.82, 2.24) is 10.2 Å². The summed E-state index contributed by atoms with van der Waals surface area (Å²) in [6, 6.07) is 10.3. The lowest BCUT2D eigenvalue weighted by atomic mass is 9.89. The maximum absolute atomic E-state index is 12.7. The molecule has 2 unspecified atom stereocenters. The zero-order valence-electron chi connectivity index (χ0n) is 17.6. The highest BCUT2D eigenvalue weighted by molar-refractivity contribution is 5.91. The molecule has 2 N–H and O–H groups in total. The zero-order chi connectivity index (χ0) is 18.6. The third-order valence-electron chi connectivity index (χ3n) is 6.95. The summed E-state index contributed by atoms with van der Waals surface area (Å²) < 4.78 is 0. The molecule has 1 saturated carbocycles. The van der Waals surface area contributed by atoms with Gasteiger partial charge in [-0.1, -0.05) is 37.5 Å². The summed E-state index contributed by atoms with van der Waals surface area (Å²) in [6.45, 7) is 0.915. The van der Waals surface area contributed by atoms with Gasteiger partial charge in [-0.15, -0.1) is 24.8 Å². The van der Waals surface area contributed by atoms with Crippen LogP contribution in [0.15, 0.2) is 24.3 Å². The first-order valence-electron chi connectivity index (χ1n) is 11.0. The Morgan fingerprint density at radius 2 is 1.69 bits per heavy atom. The van der Waals surface area contributed by atoms with Gasteiger partial charge in [0.2, 0.25) is 5.91 Å². The molecule has 2 heterocycles. The number of hydrogen-bond acceptors (Lipinski definition) is 3. The minimum atomic E-state index is 0. The van der Waals surface area contributed by atoms with E-state index in [4.69, 9.17) is 0 Å². The van der Waals surface area contributed by atoms with E-state index in [9.17, 15) is 4.79 Å². The van der Waals surface area contributed by atoms with Crippen molar-refractivity contribution in [2.75, 3.05) is 12.4 Å². The topological polar surface area (TPSA) is 44.4 Å². The SMILES string of the molecule is CN(Cc1ccccc1NC(=O)CC1CC2CCC(C1)N2)C1CCCCC1.Cl.Cl. The van der Waals surface area contributed by atoms with Gasteiger partial charge in [0.25, 0.3) is 0 Å². The molecule has 4 nitrogen and oxygen atoms in total. The second-order valence-electron chi connectivity index (χ2n) is 9.09. The van der Waals surface area contributed by atoms with Crippen molar-refractivity contribution in [3.05, 3.63) is 29.8 Å². The summed E-state index contributed by atoms with van der Waals surface area (Å²) in [5, 5.41) is 6.90. The lowest BCUT2D eigenvalue weighted by molar-refractivity contribution is -0.117. The smallest absolute Gasteiger partial charge is 0.224 e. The van der Waals surface area contributed by atoms with Gasteiger partial charge in [-0.05, 0) is 63.1 Å². The largest absolute Gasteiger partial charge is 0.326 e. The summed E-state index contributed by atoms with van der Waals surface area (Å²) in [4.78, 5) is 15.2. The van der Waals surface area contributed by atoms with Crippen LogP contribution in [0.5, 0.6) is 0 Å². The van der Waals surface area contributed by atoms with Crippen LogP contribution < -0.4 is 10.6 Å². The van der Waals surface area contributed by atoms with Gasteiger partial charge in [-0.2, -0.15) is 0 Å². The molecule has 0 spiro atoms. The Morgan fingerprint density at radius 1 is 1.03 bits per heavy atom. The maximum atomic E-state index is 12.7. The van der Waals surface area contributed by atoms with Crippen molar-refractivity contribution < 1.29 is 4.79 Å². The Kier molecular flexibility index (Phi) is 9.74. The van der Waals surface area contributed by atoms with Gasteiger partial charge in [0.1, 0.15) is 0 Å². The van der Waals surface area contributed by atoms with E-state index in [1.807, 2.05) is 6.07 Å². The number of benzene rings is 1. The molecule has 164 valence electrons. The van der Waals surface area contributed by atoms with Crippen molar-refractivity contribution in [2.45, 2.75) is 88.9 Å². The van der Waals surface area contributed by atoms with Gasteiger partial charge in [0, 0.05) is 36.8 Å². The van der Waals surface area contributed by atoms with Gasteiger partial charge >= 0.3 is 0 Å². The molecule has 2 atom stereocenters. The minimum absolute atomic E-state index is 0. The quantitative estimate of drug-likeness (QED) is 0.640. The van der Waals surface area contributed by atoms with E-state index in [0.717, 1.165) is 25.1 Å². The lowest BCUT2D eigenvalue weighted by Crippen LogP contribution is -2.39. The molecule has 4 rings (SSSR count). The van der Waals surface area contributed by atoms with E-state index in [2.05, 4.69) is 40.8 Å². The summed E-state index contributed by atoms with van der Waals surface area (Å²) in [5.41, 5.74) is 2.24. The van der Waals surface area contributed by atoms with Crippen LogP contribution in [0.3, 0.4) is 0 Å². The van der Waals surface area contributed by atoms with E-state index in [1.165, 1.54) is 50.5 Å². The molecule has 2 saturated heterocycles. The fourth-order valence-corrected chi connectivity index (χ4v) is 5.50. The zero-order valence-corrected chi connectivity index (χ0v) is 19.2. The van der Waals surface area contributed by atoms with Crippen LogP contribution in [-0.2, 0) is 11.3 Å². The number of halogens is 2. The Morgan fingerprint density at radius 3 is 2.38 bits per heavy atom. The van der Waals surface area contributed by atoms with Crippen LogP contribution in [0.1, 0.15) is 69.8 Å². The molecule has 1 aromatic rings. The standard InChI is InChI=1S/C23H35N3O.2ClH/c1-26(21-8-3-2-4-9-21)16-18-7-5-6-10-22(18)25-23(27)15-17-13-19-11-12-20(14-17)24-19;;/h5-7,10,17,19-21,24H,2-4,8-9,11-16H2,1H3,(H,25,27);2*1H. The second-order valence-corrected chi connectivity index (χ2v) is 9.09. The molecule has 3 aliphatic rings. The maximum Gasteiger partial charge on any atom is 0.224 e. The van der Waals surface area contributed by atoms with Gasteiger partial charge in [-0.25, -0.2) is 0 Å². The van der Waals surface area contributed by atoms with Crippen LogP contribution in [0, 0.1) is 5.92 Å². The number of nitrogens with zero attached hydrogens (tertiary/aromatic N) is 1. The average Bonchev–Trinajstić information content (AvgIpc) is 3.02. The Labute approximate surface area is 188 Å². The fourth-order valence-electron chi connectivity index (χ4n) is 5.50. The molecule has 0 aromatic heterocycles. The van der Waals surface area contributed by atoms with Crippen molar-refractivity contribution in [1.29, 1.82) is 0 Å². The highest BCUT2D eigenvalue weighted by Gasteiger charge is 2.34. The number of carbonyl (C=O) groups is 1. The van der Waals surface area contributed by atoms with Gasteiger partial charge < -0.3 is 10.6 Å². The molecule has 29 heavy (non-hydrogen) atoms. The first-order valence-corrected chi connectivity index (χ1v) is 11.0. The van der Waals surface area contributed by atoms with Gasteiger partial charge in [-0.3, -0.25) is 9.69 Å². The number of rotatable bonds is 6. The fraction of sp³-hybridized carbons (Fsp3) is 0.696. The molecule has 0 radical (unpaired) electrons. The van der Waals surface area contributed by atoms with E-state index in [1.54, 1.807) is 0 Å². The van der Waals surface area contributed by atoms with Crippen LogP contribution in [-0.4, -0.2) is 36.0 Å². The van der Waals surface area contributed by atoms with Crippen LogP contribution in [0.2, 0.25) is 0 Å². The first-order chi connectivity index (χ1) is 13.2. The van der Waals surface area contributed by atoms with Crippen molar-refractivity contribution >= 4 is 36.4 Å². The third-order valence-corrected chi connectivity index (χ3v) is 6.95. The second kappa shape index (κ2) is 11.5. The van der Waals surface area contributed by atoms with Crippen molar-refractivity contribution in [2.24, 2.45) is 5.92 Å². The number of amides is 1. The number of piperidine rings is 1. The monoisotopic (exact) mass is 441 g/mol. The van der Waals surface area contributed by atoms with Crippen molar-refractivity contribution in [3.8, 4) is 0 Å². The van der Waals surface area contributed by atoms with Crippen molar-refractivity contribution in [3.63, 3.8) is 0 Å². The molecule has 2 bridgehead atoms. The summed E-state index contributed by atoms with van der Waals surface area (Å²) >= 11 is 0. The Bertz CT molecular complexity index is 639. The summed E-state index contributed by atoms with van der Waals surface area (Å²) in [7, 11) is 2.24. The third kappa shape index (κ3) is 6.58. The molecule has 6 heteroatoms. The highest BCUT2D eigenvalue weighted by atomic mass is 35.5. The van der Waals surface area contributed by atoms with E-state index in [-0.39, 0.29) is 30.7 Å². The number of para-hydroxylation sites is 1. The number of carbonyl (C=O) groups excluding carboxylic acids is 1. The molecular formula is C23H37Cl2N3O.